The van der Waals surface area contributed by atoms with E-state index in [-0.39, 0.29) is 11.9 Å². The molecule has 0 amide bonds. The second-order valence-corrected chi connectivity index (χ2v) is 7.46. The SMILES string of the molecule is CC[C@@H]1C(C2=CCNCC2)=C2NN=C3C=Cc4cc(F)cc(c43)C2=CN1C. The number of benzene rings is 1. The van der Waals surface area contributed by atoms with Crippen LogP contribution >= 0.6 is 0 Å². The fourth-order valence-electron chi connectivity index (χ4n) is 4.65. The van der Waals surface area contributed by atoms with Crippen LogP contribution < -0.4 is 10.7 Å². The smallest absolute Gasteiger partial charge is 0.124 e. The van der Waals surface area contributed by atoms with Crippen LogP contribution in [0.5, 0.6) is 0 Å². The van der Waals surface area contributed by atoms with Crippen LogP contribution in [0.2, 0.25) is 0 Å². The summed E-state index contributed by atoms with van der Waals surface area (Å²) in [5.41, 5.74) is 11.8. The van der Waals surface area contributed by atoms with Gasteiger partial charge in [-0.2, -0.15) is 5.10 Å². The number of nitrogens with one attached hydrogen (secondary N) is 2. The van der Waals surface area contributed by atoms with Crippen molar-refractivity contribution in [1.82, 2.24) is 15.6 Å². The van der Waals surface area contributed by atoms with Gasteiger partial charge in [-0.3, -0.25) is 5.43 Å². The fraction of sp³-hybridized carbons (Fsp3) is 0.318. The molecule has 5 heteroatoms. The summed E-state index contributed by atoms with van der Waals surface area (Å²) < 4.78 is 14.4. The predicted molar refractivity (Wildman–Crippen MR) is 108 cm³/mol. The van der Waals surface area contributed by atoms with Crippen LogP contribution in [0.15, 0.2) is 52.4 Å². The molecule has 1 atom stereocenters. The van der Waals surface area contributed by atoms with E-state index in [1.165, 1.54) is 11.1 Å². The van der Waals surface area contributed by atoms with Gasteiger partial charge in [0.2, 0.25) is 0 Å². The average molecular weight is 362 g/mol. The summed E-state index contributed by atoms with van der Waals surface area (Å²) in [6.45, 7) is 4.08. The topological polar surface area (TPSA) is 39.7 Å². The third-order valence-electron chi connectivity index (χ3n) is 5.88. The summed E-state index contributed by atoms with van der Waals surface area (Å²) >= 11 is 0. The van der Waals surface area contributed by atoms with Gasteiger partial charge < -0.3 is 10.2 Å². The van der Waals surface area contributed by atoms with Crippen LogP contribution in [-0.2, 0) is 0 Å². The molecule has 0 fully saturated rings. The van der Waals surface area contributed by atoms with E-state index in [1.54, 1.807) is 12.1 Å². The Hall–Kier alpha value is -2.66. The van der Waals surface area contributed by atoms with Crippen molar-refractivity contribution in [1.29, 1.82) is 0 Å². The molecule has 4 aliphatic rings. The molecule has 0 saturated carbocycles. The molecule has 1 aromatic carbocycles. The Balaban J connectivity index is 1.78. The highest BCUT2D eigenvalue weighted by Crippen LogP contribution is 2.41. The van der Waals surface area contributed by atoms with Gasteiger partial charge in [0, 0.05) is 36.5 Å². The van der Waals surface area contributed by atoms with E-state index >= 15 is 0 Å². The lowest BCUT2D eigenvalue weighted by Gasteiger charge is -2.37. The zero-order valence-corrected chi connectivity index (χ0v) is 15.6. The van der Waals surface area contributed by atoms with Gasteiger partial charge in [0.25, 0.3) is 0 Å². The van der Waals surface area contributed by atoms with E-state index in [4.69, 9.17) is 0 Å². The Morgan fingerprint density at radius 1 is 1.30 bits per heavy atom. The molecule has 5 rings (SSSR count). The van der Waals surface area contributed by atoms with E-state index in [0.717, 1.165) is 59.6 Å². The van der Waals surface area contributed by atoms with Gasteiger partial charge in [0.15, 0.2) is 0 Å². The van der Waals surface area contributed by atoms with Gasteiger partial charge in [-0.25, -0.2) is 4.39 Å². The largest absolute Gasteiger partial charge is 0.373 e. The van der Waals surface area contributed by atoms with Crippen molar-refractivity contribution in [3.05, 3.63) is 69.8 Å². The Morgan fingerprint density at radius 2 is 2.19 bits per heavy atom. The number of allylic oxidation sites excluding steroid dienone is 2. The molecule has 1 aromatic rings. The molecule has 138 valence electrons. The lowest BCUT2D eigenvalue weighted by Crippen LogP contribution is -2.37. The highest BCUT2D eigenvalue weighted by molar-refractivity contribution is 6.20. The van der Waals surface area contributed by atoms with Gasteiger partial charge in [0.05, 0.1) is 17.5 Å². The molecule has 0 bridgehead atoms. The van der Waals surface area contributed by atoms with Crippen molar-refractivity contribution >= 4 is 17.4 Å². The number of hydrogen-bond acceptors (Lipinski definition) is 4. The summed E-state index contributed by atoms with van der Waals surface area (Å²) in [4.78, 5) is 2.27. The monoisotopic (exact) mass is 362 g/mol. The van der Waals surface area contributed by atoms with Crippen LogP contribution in [0.4, 0.5) is 4.39 Å². The molecular weight excluding hydrogens is 339 g/mol. The first kappa shape index (κ1) is 16.5. The zero-order chi connectivity index (χ0) is 18.5. The van der Waals surface area contributed by atoms with Crippen molar-refractivity contribution in [3.63, 3.8) is 0 Å². The first-order valence-electron chi connectivity index (χ1n) is 9.62. The van der Waals surface area contributed by atoms with Crippen LogP contribution in [0, 0.1) is 5.82 Å². The molecule has 0 radical (unpaired) electrons. The Bertz CT molecular complexity index is 980. The molecule has 0 saturated heterocycles. The van der Waals surface area contributed by atoms with Crippen molar-refractivity contribution in [3.8, 4) is 0 Å². The summed E-state index contributed by atoms with van der Waals surface area (Å²) in [5, 5.41) is 8.08. The number of halogens is 1. The molecule has 0 aromatic heterocycles. The predicted octanol–water partition coefficient (Wildman–Crippen LogP) is 3.40. The number of hydrogen-bond donors (Lipinski definition) is 2. The molecule has 3 heterocycles. The van der Waals surface area contributed by atoms with Crippen molar-refractivity contribution in [2.24, 2.45) is 5.10 Å². The first-order chi connectivity index (χ1) is 13.2. The molecule has 27 heavy (non-hydrogen) atoms. The standard InChI is InChI=1S/C22H23FN4/c1-3-19-21(13-6-8-24-9-7-13)22-17(12-27(19)2)16-11-15(23)10-14-4-5-18(20(14)16)25-26-22/h4-6,10-12,19,24,26H,3,7-9H2,1-2H3/t19-/m1/s1. The Kier molecular flexibility index (Phi) is 3.79. The number of rotatable bonds is 2. The molecule has 3 aliphatic heterocycles. The van der Waals surface area contributed by atoms with Crippen LogP contribution in [0.25, 0.3) is 11.6 Å². The van der Waals surface area contributed by atoms with Crippen LogP contribution in [0.1, 0.15) is 36.5 Å². The van der Waals surface area contributed by atoms with E-state index in [1.807, 2.05) is 12.2 Å². The number of hydrazone groups is 1. The summed E-state index contributed by atoms with van der Waals surface area (Å²) in [6, 6.07) is 3.52. The Morgan fingerprint density at radius 3 is 2.96 bits per heavy atom. The van der Waals surface area contributed by atoms with Gasteiger partial charge >= 0.3 is 0 Å². The van der Waals surface area contributed by atoms with E-state index < -0.39 is 0 Å². The molecular formula is C22H23FN4. The van der Waals surface area contributed by atoms with E-state index in [9.17, 15) is 4.39 Å². The average Bonchev–Trinajstić information content (AvgIpc) is 3.01. The van der Waals surface area contributed by atoms with Crippen LogP contribution in [0.3, 0.4) is 0 Å². The molecule has 2 N–H and O–H groups in total. The van der Waals surface area contributed by atoms with Crippen molar-refractivity contribution in [2.45, 2.75) is 25.8 Å². The molecule has 4 nitrogen and oxygen atoms in total. The first-order valence-corrected chi connectivity index (χ1v) is 9.62. The number of nitrogens with zero attached hydrogens (tertiary/aromatic N) is 2. The van der Waals surface area contributed by atoms with Crippen LogP contribution in [-0.4, -0.2) is 36.8 Å². The molecule has 1 aliphatic carbocycles. The quantitative estimate of drug-likeness (QED) is 0.847. The number of likely N-dealkylation sites (N-methyl/N-ethyl adjacent to an activating group) is 1. The molecule has 0 unspecified atom stereocenters. The second-order valence-electron chi connectivity index (χ2n) is 7.46. The zero-order valence-electron chi connectivity index (χ0n) is 15.6. The summed E-state index contributed by atoms with van der Waals surface area (Å²) in [6.07, 6.45) is 10.3. The third kappa shape index (κ3) is 2.49. The van der Waals surface area contributed by atoms with Crippen molar-refractivity contribution in [2.75, 3.05) is 20.1 Å². The second kappa shape index (κ2) is 6.20. The highest BCUT2D eigenvalue weighted by Gasteiger charge is 2.34. The summed E-state index contributed by atoms with van der Waals surface area (Å²) in [5.74, 6) is -0.209. The van der Waals surface area contributed by atoms with Crippen molar-refractivity contribution < 1.29 is 4.39 Å². The normalized spacial score (nSPS) is 23.1. The minimum absolute atomic E-state index is 0.209. The van der Waals surface area contributed by atoms with E-state index in [0.29, 0.717) is 0 Å². The lowest BCUT2D eigenvalue weighted by atomic mass is 9.83. The number of fused-ring (bicyclic) bond motifs is 2. The minimum Gasteiger partial charge on any atom is -0.373 e. The minimum atomic E-state index is -0.209. The maximum atomic E-state index is 14.4. The third-order valence-corrected chi connectivity index (χ3v) is 5.88. The maximum Gasteiger partial charge on any atom is 0.124 e. The van der Waals surface area contributed by atoms with Gasteiger partial charge in [-0.15, -0.1) is 0 Å². The Labute approximate surface area is 158 Å². The van der Waals surface area contributed by atoms with E-state index in [2.05, 4.69) is 47.0 Å². The van der Waals surface area contributed by atoms with Gasteiger partial charge in [-0.1, -0.05) is 19.1 Å². The fourth-order valence-corrected chi connectivity index (χ4v) is 4.65. The maximum absolute atomic E-state index is 14.4. The van der Waals surface area contributed by atoms with Gasteiger partial charge in [-0.05, 0) is 54.3 Å². The lowest BCUT2D eigenvalue weighted by molar-refractivity contribution is 0.354. The molecule has 0 spiro atoms. The highest BCUT2D eigenvalue weighted by atomic mass is 19.1. The summed E-state index contributed by atoms with van der Waals surface area (Å²) in [7, 11) is 2.12. The van der Waals surface area contributed by atoms with Gasteiger partial charge in [0.1, 0.15) is 5.82 Å².